The molecule has 0 N–H and O–H groups in total. The van der Waals surface area contributed by atoms with Crippen molar-refractivity contribution in [2.24, 2.45) is 0 Å². The SMILES string of the molecule is CCc1ccc(O[C@H](C)CCSc2ccc(CCC(=O)OC)c(C)c2)c(Oc2ccccc2)c1. The average Bonchev–Trinajstić information content (AvgIpc) is 2.85. The van der Waals surface area contributed by atoms with Gasteiger partial charge in [0.15, 0.2) is 11.5 Å². The zero-order chi connectivity index (χ0) is 24.3. The molecule has 180 valence electrons. The molecule has 0 spiro atoms. The Morgan fingerprint density at radius 2 is 1.79 bits per heavy atom. The summed E-state index contributed by atoms with van der Waals surface area (Å²) in [5.41, 5.74) is 3.61. The van der Waals surface area contributed by atoms with E-state index in [9.17, 15) is 4.79 Å². The first-order valence-electron chi connectivity index (χ1n) is 11.8. The molecule has 0 aliphatic rings. The molecule has 0 radical (unpaired) electrons. The van der Waals surface area contributed by atoms with Gasteiger partial charge in [0.1, 0.15) is 5.75 Å². The van der Waals surface area contributed by atoms with E-state index in [-0.39, 0.29) is 12.1 Å². The summed E-state index contributed by atoms with van der Waals surface area (Å²) in [5.74, 6) is 3.10. The highest BCUT2D eigenvalue weighted by molar-refractivity contribution is 7.99. The van der Waals surface area contributed by atoms with Gasteiger partial charge in [-0.25, -0.2) is 0 Å². The molecule has 3 rings (SSSR count). The second-order valence-electron chi connectivity index (χ2n) is 8.28. The van der Waals surface area contributed by atoms with Crippen LogP contribution in [0.5, 0.6) is 17.2 Å². The summed E-state index contributed by atoms with van der Waals surface area (Å²) in [4.78, 5) is 12.6. The molecule has 0 aliphatic carbocycles. The van der Waals surface area contributed by atoms with E-state index in [1.165, 1.54) is 28.7 Å². The third-order valence-electron chi connectivity index (χ3n) is 5.65. The van der Waals surface area contributed by atoms with Crippen molar-refractivity contribution in [1.82, 2.24) is 0 Å². The van der Waals surface area contributed by atoms with E-state index in [2.05, 4.69) is 51.1 Å². The lowest BCUT2D eigenvalue weighted by Crippen LogP contribution is -2.13. The highest BCUT2D eigenvalue weighted by Crippen LogP contribution is 2.34. The number of methoxy groups -OCH3 is 1. The zero-order valence-electron chi connectivity index (χ0n) is 20.5. The smallest absolute Gasteiger partial charge is 0.305 e. The van der Waals surface area contributed by atoms with E-state index < -0.39 is 0 Å². The molecule has 0 amide bonds. The Morgan fingerprint density at radius 1 is 1.00 bits per heavy atom. The summed E-state index contributed by atoms with van der Waals surface area (Å²) in [6.07, 6.45) is 3.03. The Morgan fingerprint density at radius 3 is 2.50 bits per heavy atom. The van der Waals surface area contributed by atoms with Crippen LogP contribution in [-0.4, -0.2) is 24.9 Å². The van der Waals surface area contributed by atoms with Gasteiger partial charge in [0, 0.05) is 17.1 Å². The predicted octanol–water partition coefficient (Wildman–Crippen LogP) is 7.41. The minimum atomic E-state index is -0.173. The minimum absolute atomic E-state index is 0.0542. The molecule has 1 atom stereocenters. The van der Waals surface area contributed by atoms with Crippen molar-refractivity contribution in [3.8, 4) is 17.2 Å². The van der Waals surface area contributed by atoms with Crippen LogP contribution in [0.15, 0.2) is 71.6 Å². The van der Waals surface area contributed by atoms with E-state index in [0.717, 1.165) is 35.8 Å². The van der Waals surface area contributed by atoms with Crippen molar-refractivity contribution in [2.45, 2.75) is 57.5 Å². The Kier molecular flexibility index (Phi) is 9.89. The molecule has 5 heteroatoms. The van der Waals surface area contributed by atoms with Crippen LogP contribution in [0.25, 0.3) is 0 Å². The van der Waals surface area contributed by atoms with Crippen LogP contribution in [0.1, 0.15) is 43.4 Å². The maximum Gasteiger partial charge on any atom is 0.305 e. The number of thioether (sulfide) groups is 1. The van der Waals surface area contributed by atoms with Gasteiger partial charge in [0.2, 0.25) is 0 Å². The number of ether oxygens (including phenoxy) is 3. The topological polar surface area (TPSA) is 44.8 Å². The number of rotatable bonds is 12. The van der Waals surface area contributed by atoms with Crippen molar-refractivity contribution in [3.63, 3.8) is 0 Å². The summed E-state index contributed by atoms with van der Waals surface area (Å²) < 4.78 is 17.2. The van der Waals surface area contributed by atoms with Crippen LogP contribution < -0.4 is 9.47 Å². The molecular weight excluding hydrogens is 444 g/mol. The minimum Gasteiger partial charge on any atom is -0.487 e. The van der Waals surface area contributed by atoms with Gasteiger partial charge in [-0.1, -0.05) is 37.3 Å². The molecule has 0 bridgehead atoms. The highest BCUT2D eigenvalue weighted by Gasteiger charge is 2.12. The van der Waals surface area contributed by atoms with Gasteiger partial charge in [-0.15, -0.1) is 11.8 Å². The standard InChI is InChI=1S/C29H34O4S/c1-5-23-11-15-27(28(20-23)33-25-9-7-6-8-10-25)32-22(3)17-18-34-26-14-12-24(21(2)19-26)13-16-29(30)31-4/h6-12,14-15,19-20,22H,5,13,16-18H2,1-4H3/t22-/m1/s1. The lowest BCUT2D eigenvalue weighted by Gasteiger charge is -2.18. The van der Waals surface area contributed by atoms with Gasteiger partial charge < -0.3 is 14.2 Å². The van der Waals surface area contributed by atoms with Crippen LogP contribution in [-0.2, 0) is 22.4 Å². The van der Waals surface area contributed by atoms with E-state index in [4.69, 9.17) is 14.2 Å². The molecule has 0 aromatic heterocycles. The fraction of sp³-hybridized carbons (Fsp3) is 0.345. The van der Waals surface area contributed by atoms with Crippen molar-refractivity contribution < 1.29 is 19.0 Å². The number of carbonyl (C=O) groups is 1. The Labute approximate surface area is 207 Å². The van der Waals surface area contributed by atoms with E-state index in [0.29, 0.717) is 12.8 Å². The number of para-hydroxylation sites is 1. The van der Waals surface area contributed by atoms with Gasteiger partial charge in [-0.3, -0.25) is 4.79 Å². The number of esters is 1. The largest absolute Gasteiger partial charge is 0.487 e. The number of hydrogen-bond donors (Lipinski definition) is 0. The summed E-state index contributed by atoms with van der Waals surface area (Å²) >= 11 is 1.82. The van der Waals surface area contributed by atoms with Crippen LogP contribution in [0, 0.1) is 6.92 Å². The molecule has 0 saturated carbocycles. The maximum atomic E-state index is 11.4. The van der Waals surface area contributed by atoms with Crippen molar-refractivity contribution in [2.75, 3.05) is 12.9 Å². The summed E-state index contributed by atoms with van der Waals surface area (Å²) in [5, 5.41) is 0. The van der Waals surface area contributed by atoms with Gasteiger partial charge >= 0.3 is 5.97 Å². The summed E-state index contributed by atoms with van der Waals surface area (Å²) in [6.45, 7) is 6.33. The summed E-state index contributed by atoms with van der Waals surface area (Å²) in [6, 6.07) is 22.4. The molecule has 0 aliphatic heterocycles. The first kappa shape index (κ1) is 25.7. The van der Waals surface area contributed by atoms with Crippen LogP contribution in [0.4, 0.5) is 0 Å². The van der Waals surface area contributed by atoms with Crippen molar-refractivity contribution in [1.29, 1.82) is 0 Å². The second kappa shape index (κ2) is 13.1. The number of carbonyl (C=O) groups excluding carboxylic acids is 1. The second-order valence-corrected chi connectivity index (χ2v) is 9.45. The van der Waals surface area contributed by atoms with Crippen LogP contribution >= 0.6 is 11.8 Å². The Bertz CT molecular complexity index is 1060. The first-order valence-corrected chi connectivity index (χ1v) is 12.8. The third kappa shape index (κ3) is 7.84. The maximum absolute atomic E-state index is 11.4. The molecule has 0 unspecified atom stereocenters. The molecule has 0 fully saturated rings. The van der Waals surface area contributed by atoms with Crippen molar-refractivity contribution >= 4 is 17.7 Å². The number of aryl methyl sites for hydroxylation is 3. The fourth-order valence-electron chi connectivity index (χ4n) is 3.56. The molecule has 0 heterocycles. The summed E-state index contributed by atoms with van der Waals surface area (Å²) in [7, 11) is 1.43. The first-order chi connectivity index (χ1) is 16.5. The Hall–Kier alpha value is -2.92. The fourth-order valence-corrected chi connectivity index (χ4v) is 4.67. The van der Waals surface area contributed by atoms with E-state index >= 15 is 0 Å². The van der Waals surface area contributed by atoms with Gasteiger partial charge in [-0.2, -0.15) is 0 Å². The lowest BCUT2D eigenvalue weighted by atomic mass is 10.0. The molecule has 0 saturated heterocycles. The molecule has 4 nitrogen and oxygen atoms in total. The number of benzene rings is 3. The quantitative estimate of drug-likeness (QED) is 0.200. The van der Waals surface area contributed by atoms with Gasteiger partial charge in [-0.05, 0) is 86.2 Å². The predicted molar refractivity (Wildman–Crippen MR) is 139 cm³/mol. The highest BCUT2D eigenvalue weighted by atomic mass is 32.2. The van der Waals surface area contributed by atoms with Crippen LogP contribution in [0.2, 0.25) is 0 Å². The average molecular weight is 479 g/mol. The third-order valence-corrected chi connectivity index (χ3v) is 6.68. The van der Waals surface area contributed by atoms with Crippen LogP contribution in [0.3, 0.4) is 0 Å². The molecule has 34 heavy (non-hydrogen) atoms. The van der Waals surface area contributed by atoms with Gasteiger partial charge in [0.25, 0.3) is 0 Å². The van der Waals surface area contributed by atoms with Gasteiger partial charge in [0.05, 0.1) is 13.2 Å². The number of hydrogen-bond acceptors (Lipinski definition) is 5. The van der Waals surface area contributed by atoms with E-state index in [1.807, 2.05) is 48.2 Å². The monoisotopic (exact) mass is 478 g/mol. The molecule has 3 aromatic carbocycles. The molecule has 3 aromatic rings. The molecular formula is C29H34O4S. The Balaban J connectivity index is 1.54. The van der Waals surface area contributed by atoms with Crippen molar-refractivity contribution in [3.05, 3.63) is 83.4 Å². The normalized spacial score (nSPS) is 11.6. The zero-order valence-corrected chi connectivity index (χ0v) is 21.3. The van der Waals surface area contributed by atoms with E-state index in [1.54, 1.807) is 0 Å². The lowest BCUT2D eigenvalue weighted by molar-refractivity contribution is -0.140.